The molecule has 1 heterocycles. The molecule has 1 N–H and O–H groups in total. The molecule has 0 unspecified atom stereocenters. The summed E-state index contributed by atoms with van der Waals surface area (Å²) in [5.41, 5.74) is 4.17. The minimum absolute atomic E-state index is 0.428. The third kappa shape index (κ3) is 4.68. The van der Waals surface area contributed by atoms with E-state index in [1.54, 1.807) is 24.3 Å². The van der Waals surface area contributed by atoms with Gasteiger partial charge < -0.3 is 14.2 Å². The maximum absolute atomic E-state index is 6.20. The molecule has 3 aromatic rings. The van der Waals surface area contributed by atoms with Crippen molar-refractivity contribution < 1.29 is 14.2 Å². The number of aromatic nitrogens is 2. The zero-order valence-corrected chi connectivity index (χ0v) is 18.4. The molecule has 158 valence electrons. The molecular formula is C21H22Cl2N4O3. The highest BCUT2D eigenvalue weighted by Crippen LogP contribution is 2.45. The summed E-state index contributed by atoms with van der Waals surface area (Å²) in [5, 5.41) is 5.88. The van der Waals surface area contributed by atoms with E-state index in [-0.39, 0.29) is 0 Å². The molecule has 0 aliphatic carbocycles. The first-order chi connectivity index (χ1) is 14.6. The molecule has 0 aliphatic heterocycles. The van der Waals surface area contributed by atoms with Crippen LogP contribution in [0.2, 0.25) is 10.0 Å². The van der Waals surface area contributed by atoms with E-state index in [4.69, 9.17) is 37.4 Å². The molecule has 0 fully saturated rings. The van der Waals surface area contributed by atoms with Gasteiger partial charge in [-0.2, -0.15) is 5.10 Å². The zero-order chi connectivity index (χ0) is 21.5. The Balaban J connectivity index is 2.08. The number of ether oxygens (including phenoxy) is 3. The molecule has 7 nitrogen and oxygen atoms in total. The first-order valence-corrected chi connectivity index (χ1v) is 10.3. The highest BCUT2D eigenvalue weighted by Gasteiger charge is 2.21. The Morgan fingerprint density at radius 3 is 2.30 bits per heavy atom. The van der Waals surface area contributed by atoms with Crippen molar-refractivity contribution in [3.63, 3.8) is 0 Å². The lowest BCUT2D eigenvalue weighted by Gasteiger charge is -2.18. The van der Waals surface area contributed by atoms with E-state index < -0.39 is 0 Å². The Hall–Kier alpha value is -2.77. The predicted molar refractivity (Wildman–Crippen MR) is 121 cm³/mol. The number of anilines is 1. The summed E-state index contributed by atoms with van der Waals surface area (Å²) in [5.74, 6) is 2.01. The van der Waals surface area contributed by atoms with Crippen molar-refractivity contribution in [3.8, 4) is 17.2 Å². The fourth-order valence-electron chi connectivity index (χ4n) is 2.85. The number of nitrogens with one attached hydrogen (secondary N) is 1. The molecule has 0 bridgehead atoms. The number of hydrogen-bond donors (Lipinski definition) is 1. The molecule has 30 heavy (non-hydrogen) atoms. The Morgan fingerprint density at radius 2 is 1.63 bits per heavy atom. The fourth-order valence-corrected chi connectivity index (χ4v) is 3.35. The van der Waals surface area contributed by atoms with E-state index in [0.29, 0.717) is 69.4 Å². The van der Waals surface area contributed by atoms with Crippen LogP contribution < -0.4 is 19.6 Å². The van der Waals surface area contributed by atoms with Gasteiger partial charge in [0.2, 0.25) is 5.75 Å². The van der Waals surface area contributed by atoms with Gasteiger partial charge in [0.15, 0.2) is 17.3 Å². The summed E-state index contributed by atoms with van der Waals surface area (Å²) in [7, 11) is 0. The smallest absolute Gasteiger partial charge is 0.204 e. The van der Waals surface area contributed by atoms with Crippen LogP contribution in [0.4, 0.5) is 5.82 Å². The summed E-state index contributed by atoms with van der Waals surface area (Å²) >= 11 is 12.4. The Labute approximate surface area is 185 Å². The second kappa shape index (κ2) is 10.3. The monoisotopic (exact) mass is 448 g/mol. The van der Waals surface area contributed by atoms with Gasteiger partial charge in [0.25, 0.3) is 0 Å². The van der Waals surface area contributed by atoms with E-state index in [1.807, 2.05) is 20.8 Å². The maximum atomic E-state index is 6.20. The molecule has 0 saturated carbocycles. The van der Waals surface area contributed by atoms with E-state index in [2.05, 4.69) is 20.5 Å². The number of fused-ring (bicyclic) bond motifs is 1. The molecule has 0 atom stereocenters. The molecule has 1 aromatic heterocycles. The zero-order valence-electron chi connectivity index (χ0n) is 16.9. The molecule has 2 aromatic carbocycles. The lowest BCUT2D eigenvalue weighted by molar-refractivity contribution is 0.263. The standard InChI is InChI=1S/C21H22Cl2N4O3/c1-4-28-17-10-16-18(20(30-6-3)19(17)29-5-2)21(25-12-24-16)27-26-11-13-14(22)8-7-9-15(13)23/h7-12H,4-6H2,1-3H3,(H,24,25,27)/b26-11-. The summed E-state index contributed by atoms with van der Waals surface area (Å²) in [6, 6.07) is 7.05. The second-order valence-corrected chi connectivity index (χ2v) is 6.77. The Morgan fingerprint density at radius 1 is 0.967 bits per heavy atom. The van der Waals surface area contributed by atoms with Crippen LogP contribution in [0, 0.1) is 0 Å². The highest BCUT2D eigenvalue weighted by atomic mass is 35.5. The van der Waals surface area contributed by atoms with Crippen LogP contribution in [0.15, 0.2) is 35.7 Å². The Bertz CT molecular complexity index is 1040. The SMILES string of the molecule is CCOc1cc2ncnc(N/N=C\c3c(Cl)cccc3Cl)c2c(OCC)c1OCC. The minimum Gasteiger partial charge on any atom is -0.490 e. The lowest BCUT2D eigenvalue weighted by Crippen LogP contribution is -2.05. The van der Waals surface area contributed by atoms with Crippen molar-refractivity contribution in [1.82, 2.24) is 9.97 Å². The van der Waals surface area contributed by atoms with Gasteiger partial charge in [-0.05, 0) is 32.9 Å². The van der Waals surface area contributed by atoms with Crippen molar-refractivity contribution in [1.29, 1.82) is 0 Å². The molecule has 0 aliphatic rings. The summed E-state index contributed by atoms with van der Waals surface area (Å²) in [6.45, 7) is 7.05. The topological polar surface area (TPSA) is 77.9 Å². The normalized spacial score (nSPS) is 11.1. The van der Waals surface area contributed by atoms with E-state index in [9.17, 15) is 0 Å². The van der Waals surface area contributed by atoms with Crippen LogP contribution in [-0.2, 0) is 0 Å². The number of halogens is 2. The molecule has 0 spiro atoms. The summed E-state index contributed by atoms with van der Waals surface area (Å²) in [4.78, 5) is 8.69. The van der Waals surface area contributed by atoms with Crippen LogP contribution in [0.3, 0.4) is 0 Å². The molecule has 9 heteroatoms. The van der Waals surface area contributed by atoms with Crippen molar-refractivity contribution >= 4 is 46.1 Å². The van der Waals surface area contributed by atoms with Crippen molar-refractivity contribution in [2.75, 3.05) is 25.2 Å². The van der Waals surface area contributed by atoms with Gasteiger partial charge >= 0.3 is 0 Å². The Kier molecular flexibility index (Phi) is 7.54. The molecule has 0 amide bonds. The molecule has 0 radical (unpaired) electrons. The van der Waals surface area contributed by atoms with Crippen LogP contribution in [-0.4, -0.2) is 36.0 Å². The number of rotatable bonds is 9. The number of hydrazone groups is 1. The van der Waals surface area contributed by atoms with Gasteiger partial charge in [-0.15, -0.1) is 0 Å². The van der Waals surface area contributed by atoms with Gasteiger partial charge in [-0.1, -0.05) is 29.3 Å². The lowest BCUT2D eigenvalue weighted by atomic mass is 10.1. The van der Waals surface area contributed by atoms with Gasteiger partial charge in [0.1, 0.15) is 6.33 Å². The first-order valence-electron chi connectivity index (χ1n) is 9.53. The van der Waals surface area contributed by atoms with Crippen LogP contribution in [0.1, 0.15) is 26.3 Å². The third-order valence-electron chi connectivity index (χ3n) is 4.04. The summed E-state index contributed by atoms with van der Waals surface area (Å²) < 4.78 is 17.5. The second-order valence-electron chi connectivity index (χ2n) is 5.95. The number of benzene rings is 2. The van der Waals surface area contributed by atoms with Crippen molar-refractivity contribution in [2.24, 2.45) is 5.10 Å². The number of hydrogen-bond acceptors (Lipinski definition) is 7. The van der Waals surface area contributed by atoms with Crippen molar-refractivity contribution in [2.45, 2.75) is 20.8 Å². The number of nitrogens with zero attached hydrogens (tertiary/aromatic N) is 3. The average molecular weight is 449 g/mol. The molecule has 0 saturated heterocycles. The maximum Gasteiger partial charge on any atom is 0.204 e. The van der Waals surface area contributed by atoms with Gasteiger partial charge in [0, 0.05) is 11.6 Å². The minimum atomic E-state index is 0.428. The summed E-state index contributed by atoms with van der Waals surface area (Å²) in [6.07, 6.45) is 2.98. The van der Waals surface area contributed by atoms with Gasteiger partial charge in [0.05, 0.1) is 47.0 Å². The average Bonchev–Trinajstić information content (AvgIpc) is 2.73. The fraction of sp³-hybridized carbons (Fsp3) is 0.286. The van der Waals surface area contributed by atoms with Crippen molar-refractivity contribution in [3.05, 3.63) is 46.2 Å². The van der Waals surface area contributed by atoms with Gasteiger partial charge in [-0.3, -0.25) is 5.43 Å². The van der Waals surface area contributed by atoms with Crippen LogP contribution >= 0.6 is 23.2 Å². The van der Waals surface area contributed by atoms with E-state index >= 15 is 0 Å². The van der Waals surface area contributed by atoms with Crippen LogP contribution in [0.5, 0.6) is 17.2 Å². The third-order valence-corrected chi connectivity index (χ3v) is 4.70. The van der Waals surface area contributed by atoms with Gasteiger partial charge in [-0.25, -0.2) is 9.97 Å². The predicted octanol–water partition coefficient (Wildman–Crippen LogP) is 5.58. The largest absolute Gasteiger partial charge is 0.490 e. The quantitative estimate of drug-likeness (QED) is 0.340. The van der Waals surface area contributed by atoms with E-state index in [0.717, 1.165) is 0 Å². The first kappa shape index (κ1) is 21.9. The highest BCUT2D eigenvalue weighted by molar-refractivity contribution is 6.38. The van der Waals surface area contributed by atoms with Crippen LogP contribution in [0.25, 0.3) is 10.9 Å². The molecular weight excluding hydrogens is 427 g/mol. The van der Waals surface area contributed by atoms with E-state index in [1.165, 1.54) is 12.5 Å². The molecule has 3 rings (SSSR count).